The largest absolute Gasteiger partial charge is 0.490 e. The Morgan fingerprint density at radius 1 is 1.07 bits per heavy atom. The summed E-state index contributed by atoms with van der Waals surface area (Å²) in [7, 11) is 0. The number of nitrogens with zero attached hydrogens (tertiary/aromatic N) is 2. The van der Waals surface area contributed by atoms with Crippen molar-refractivity contribution in [3.63, 3.8) is 0 Å². The normalized spacial score (nSPS) is 14.1. The molecule has 0 N–H and O–H groups in total. The number of hydrogen-bond donors (Lipinski definition) is 0. The topological polar surface area (TPSA) is 116 Å². The predicted octanol–water partition coefficient (Wildman–Crippen LogP) is 7.56. The number of hydrogen-bond acceptors (Lipinski definition) is 8. The SMILES string of the molecule is CCOc1cc(/C=C2/SC(=O)N(CC(=O)c3ccc([N+](=O)[O-])cc3)C2=O)cc(Br)c1OCc1ccc(Cl)c(Cl)c1. The van der Waals surface area contributed by atoms with Gasteiger partial charge in [-0.3, -0.25) is 29.4 Å². The molecule has 3 aromatic carbocycles. The molecule has 206 valence electrons. The van der Waals surface area contributed by atoms with E-state index in [4.69, 9.17) is 32.7 Å². The summed E-state index contributed by atoms with van der Waals surface area (Å²) in [6.07, 6.45) is 1.53. The Morgan fingerprint density at radius 3 is 2.45 bits per heavy atom. The van der Waals surface area contributed by atoms with Crippen LogP contribution in [0.1, 0.15) is 28.4 Å². The van der Waals surface area contributed by atoms with E-state index in [1.54, 1.807) is 30.3 Å². The van der Waals surface area contributed by atoms with Crippen LogP contribution in [-0.2, 0) is 11.4 Å². The first-order chi connectivity index (χ1) is 19.1. The number of carbonyl (C=O) groups is 3. The summed E-state index contributed by atoms with van der Waals surface area (Å²) in [4.78, 5) is 49.4. The van der Waals surface area contributed by atoms with Gasteiger partial charge in [-0.2, -0.15) is 0 Å². The minimum absolute atomic E-state index is 0.125. The lowest BCUT2D eigenvalue weighted by atomic mass is 10.1. The number of amides is 2. The molecule has 0 spiro atoms. The number of Topliss-reactive ketones (excluding diaryl/α,β-unsaturated/α-hetero) is 1. The summed E-state index contributed by atoms with van der Waals surface area (Å²) >= 11 is 16.3. The third-order valence-electron chi connectivity index (χ3n) is 5.57. The molecule has 0 radical (unpaired) electrons. The van der Waals surface area contributed by atoms with Gasteiger partial charge in [0, 0.05) is 17.7 Å². The van der Waals surface area contributed by atoms with Gasteiger partial charge in [-0.05, 0) is 88.2 Å². The van der Waals surface area contributed by atoms with E-state index in [1.165, 1.54) is 30.3 Å². The lowest BCUT2D eigenvalue weighted by molar-refractivity contribution is -0.384. The van der Waals surface area contributed by atoms with E-state index < -0.39 is 28.4 Å². The number of rotatable bonds is 10. The van der Waals surface area contributed by atoms with Crippen molar-refractivity contribution in [1.82, 2.24) is 4.90 Å². The lowest BCUT2D eigenvalue weighted by Gasteiger charge is -2.15. The Bertz CT molecular complexity index is 1550. The number of ketones is 1. The van der Waals surface area contributed by atoms with Gasteiger partial charge in [0.05, 0.1) is 37.5 Å². The highest BCUT2D eigenvalue weighted by Crippen LogP contribution is 2.40. The Morgan fingerprint density at radius 2 is 1.80 bits per heavy atom. The van der Waals surface area contributed by atoms with Crippen LogP contribution in [0.5, 0.6) is 11.5 Å². The van der Waals surface area contributed by atoms with Gasteiger partial charge in [0.1, 0.15) is 6.61 Å². The van der Waals surface area contributed by atoms with Crippen LogP contribution in [0, 0.1) is 10.1 Å². The molecule has 4 rings (SSSR count). The van der Waals surface area contributed by atoms with Crippen molar-refractivity contribution in [3.05, 3.63) is 101 Å². The minimum atomic E-state index is -0.626. The molecule has 0 unspecified atom stereocenters. The van der Waals surface area contributed by atoms with Crippen molar-refractivity contribution in [2.75, 3.05) is 13.2 Å². The molecule has 2 amide bonds. The molecule has 13 heteroatoms. The molecular formula is C27H19BrCl2N2O7S. The van der Waals surface area contributed by atoms with Gasteiger partial charge < -0.3 is 9.47 Å². The van der Waals surface area contributed by atoms with E-state index >= 15 is 0 Å². The van der Waals surface area contributed by atoms with E-state index in [-0.39, 0.29) is 22.8 Å². The molecule has 0 aliphatic carbocycles. The average molecular weight is 666 g/mol. The summed E-state index contributed by atoms with van der Waals surface area (Å²) < 4.78 is 12.3. The molecular weight excluding hydrogens is 647 g/mol. The van der Waals surface area contributed by atoms with Crippen molar-refractivity contribution in [3.8, 4) is 11.5 Å². The van der Waals surface area contributed by atoms with Crippen molar-refractivity contribution in [2.45, 2.75) is 13.5 Å². The Labute approximate surface area is 251 Å². The maximum absolute atomic E-state index is 13.0. The van der Waals surface area contributed by atoms with E-state index in [0.29, 0.717) is 49.9 Å². The van der Waals surface area contributed by atoms with Gasteiger partial charge in [-0.1, -0.05) is 29.3 Å². The fourth-order valence-electron chi connectivity index (χ4n) is 3.65. The first kappa shape index (κ1) is 29.6. The second-order valence-corrected chi connectivity index (χ2v) is 11.0. The van der Waals surface area contributed by atoms with E-state index in [0.717, 1.165) is 10.5 Å². The highest BCUT2D eigenvalue weighted by atomic mass is 79.9. The monoisotopic (exact) mass is 664 g/mol. The molecule has 40 heavy (non-hydrogen) atoms. The number of nitro groups is 1. The second-order valence-electron chi connectivity index (χ2n) is 8.30. The number of non-ortho nitro benzene ring substituents is 1. The van der Waals surface area contributed by atoms with Crippen molar-refractivity contribution in [2.24, 2.45) is 0 Å². The fraction of sp³-hybridized carbons (Fsp3) is 0.148. The molecule has 0 bridgehead atoms. The summed E-state index contributed by atoms with van der Waals surface area (Å²) in [5.74, 6) is -0.301. The van der Waals surface area contributed by atoms with Crippen molar-refractivity contribution in [1.29, 1.82) is 0 Å². The van der Waals surface area contributed by atoms with Crippen LogP contribution in [-0.4, -0.2) is 39.9 Å². The number of imide groups is 1. The van der Waals surface area contributed by atoms with Gasteiger partial charge in [-0.25, -0.2) is 0 Å². The van der Waals surface area contributed by atoms with Gasteiger partial charge in [0.2, 0.25) is 0 Å². The van der Waals surface area contributed by atoms with Gasteiger partial charge in [-0.15, -0.1) is 0 Å². The van der Waals surface area contributed by atoms with Crippen LogP contribution >= 0.6 is 50.9 Å². The van der Waals surface area contributed by atoms with Crippen molar-refractivity contribution < 1.29 is 28.8 Å². The zero-order chi connectivity index (χ0) is 29.0. The van der Waals surface area contributed by atoms with Crippen LogP contribution in [0.15, 0.2) is 64.0 Å². The molecule has 3 aromatic rings. The molecule has 0 atom stereocenters. The van der Waals surface area contributed by atoms with Crippen LogP contribution in [0.3, 0.4) is 0 Å². The molecule has 1 fully saturated rings. The molecule has 1 aliphatic rings. The number of nitro benzene ring substituents is 1. The predicted molar refractivity (Wildman–Crippen MR) is 156 cm³/mol. The molecule has 1 saturated heterocycles. The van der Waals surface area contributed by atoms with Crippen molar-refractivity contribution >= 4 is 79.6 Å². The maximum Gasteiger partial charge on any atom is 0.293 e. The van der Waals surface area contributed by atoms with Crippen LogP contribution in [0.25, 0.3) is 6.08 Å². The van der Waals surface area contributed by atoms with Gasteiger partial charge in [0.25, 0.3) is 16.8 Å². The Kier molecular flexibility index (Phi) is 9.52. The van der Waals surface area contributed by atoms with Crippen LogP contribution < -0.4 is 9.47 Å². The summed E-state index contributed by atoms with van der Waals surface area (Å²) in [5.41, 5.74) is 1.33. The first-order valence-corrected chi connectivity index (χ1v) is 14.0. The number of halogens is 3. The highest BCUT2D eigenvalue weighted by molar-refractivity contribution is 9.10. The summed E-state index contributed by atoms with van der Waals surface area (Å²) in [5, 5.41) is 11.1. The fourth-order valence-corrected chi connectivity index (χ4v) is 5.38. The van der Waals surface area contributed by atoms with Crippen LogP contribution in [0.2, 0.25) is 10.0 Å². The van der Waals surface area contributed by atoms with E-state index in [9.17, 15) is 24.5 Å². The Balaban J connectivity index is 1.51. The minimum Gasteiger partial charge on any atom is -0.490 e. The third kappa shape index (κ3) is 6.84. The lowest BCUT2D eigenvalue weighted by Crippen LogP contribution is -2.33. The quantitative estimate of drug-likeness (QED) is 0.0943. The average Bonchev–Trinajstić information content (AvgIpc) is 3.17. The zero-order valence-corrected chi connectivity index (χ0v) is 24.6. The van der Waals surface area contributed by atoms with E-state index in [2.05, 4.69) is 15.9 Å². The molecule has 9 nitrogen and oxygen atoms in total. The molecule has 1 aliphatic heterocycles. The molecule has 0 aromatic heterocycles. The van der Waals surface area contributed by atoms with Crippen LogP contribution in [0.4, 0.5) is 10.5 Å². The summed E-state index contributed by atoms with van der Waals surface area (Å²) in [6.45, 7) is 1.86. The maximum atomic E-state index is 13.0. The zero-order valence-electron chi connectivity index (χ0n) is 20.7. The number of carbonyl (C=O) groups excluding carboxylic acids is 3. The molecule has 0 saturated carbocycles. The standard InChI is InChI=1S/C27H19BrCl2N2O7S/c1-2-38-23-11-16(9-19(28)25(23)39-14-15-3-8-20(29)21(30)10-15)12-24-26(34)31(27(35)40-24)13-22(33)17-4-6-18(7-5-17)32(36)37/h3-12H,2,13-14H2,1H3/b24-12+. The third-order valence-corrected chi connectivity index (χ3v) is 7.81. The smallest absolute Gasteiger partial charge is 0.293 e. The number of benzene rings is 3. The van der Waals surface area contributed by atoms with Gasteiger partial charge in [0.15, 0.2) is 17.3 Å². The first-order valence-electron chi connectivity index (χ1n) is 11.6. The van der Waals surface area contributed by atoms with Gasteiger partial charge >= 0.3 is 0 Å². The van der Waals surface area contributed by atoms with E-state index in [1.807, 2.05) is 6.92 Å². The number of ether oxygens (including phenoxy) is 2. The highest BCUT2D eigenvalue weighted by Gasteiger charge is 2.36. The second kappa shape index (κ2) is 12.9. The number of thioether (sulfide) groups is 1. The molecule has 1 heterocycles. The summed E-state index contributed by atoms with van der Waals surface area (Å²) in [6, 6.07) is 13.5. The Hall–Kier alpha value is -3.38.